The number of rotatable bonds is 2. The van der Waals surface area contributed by atoms with Gasteiger partial charge in [-0.15, -0.1) is 0 Å². The molecule has 0 radical (unpaired) electrons. The molecule has 1 aromatic carbocycles. The van der Waals surface area contributed by atoms with E-state index in [-0.39, 0.29) is 16.9 Å². The monoisotopic (exact) mass is 269 g/mol. The molecule has 2 rings (SSSR count). The Hall–Kier alpha value is -2.44. The van der Waals surface area contributed by atoms with E-state index in [1.807, 2.05) is 0 Å². The fraction of sp³-hybridized carbons (Fsp3) is 0.0833. The minimum Gasteiger partial charge on any atom is -0.385 e. The Kier molecular flexibility index (Phi) is 2.97. The van der Waals surface area contributed by atoms with E-state index in [0.717, 1.165) is 12.1 Å². The lowest BCUT2D eigenvalue weighted by atomic mass is 10.1. The molecule has 5 N–H and O–H groups in total. The summed E-state index contributed by atoms with van der Waals surface area (Å²) in [6.07, 6.45) is -4.43. The fourth-order valence-electron chi connectivity index (χ4n) is 1.69. The Morgan fingerprint density at radius 3 is 2.42 bits per heavy atom. The minimum atomic E-state index is -4.43. The molecule has 0 aliphatic rings. The first-order valence-corrected chi connectivity index (χ1v) is 5.25. The fourth-order valence-corrected chi connectivity index (χ4v) is 1.69. The summed E-state index contributed by atoms with van der Waals surface area (Å²) >= 11 is 0. The van der Waals surface area contributed by atoms with Crippen molar-refractivity contribution >= 4 is 11.7 Å². The SMILES string of the molecule is NC(=O)c1cc(-c2cccc(C(F)(F)F)c2)[nH]c1N. The summed E-state index contributed by atoms with van der Waals surface area (Å²) < 4.78 is 37.8. The zero-order valence-electron chi connectivity index (χ0n) is 9.58. The number of benzene rings is 1. The van der Waals surface area contributed by atoms with Crippen LogP contribution in [-0.4, -0.2) is 10.9 Å². The third-order valence-corrected chi connectivity index (χ3v) is 2.61. The van der Waals surface area contributed by atoms with Crippen LogP contribution in [0.2, 0.25) is 0 Å². The van der Waals surface area contributed by atoms with E-state index in [2.05, 4.69) is 4.98 Å². The van der Waals surface area contributed by atoms with E-state index in [1.54, 1.807) is 0 Å². The van der Waals surface area contributed by atoms with Crippen LogP contribution in [0.3, 0.4) is 0 Å². The summed E-state index contributed by atoms with van der Waals surface area (Å²) in [5.41, 5.74) is 10.5. The summed E-state index contributed by atoms with van der Waals surface area (Å²) in [6.45, 7) is 0. The number of hydrogen-bond acceptors (Lipinski definition) is 2. The zero-order valence-corrected chi connectivity index (χ0v) is 9.58. The molecule has 0 saturated carbocycles. The third-order valence-electron chi connectivity index (χ3n) is 2.61. The number of alkyl halides is 3. The number of aromatic amines is 1. The Morgan fingerprint density at radius 2 is 1.89 bits per heavy atom. The second-order valence-corrected chi connectivity index (χ2v) is 3.95. The number of aromatic nitrogens is 1. The Labute approximate surface area is 106 Å². The summed E-state index contributed by atoms with van der Waals surface area (Å²) in [5, 5.41) is 0. The highest BCUT2D eigenvalue weighted by molar-refractivity contribution is 5.99. The van der Waals surface area contributed by atoms with Gasteiger partial charge in [-0.1, -0.05) is 12.1 Å². The quantitative estimate of drug-likeness (QED) is 0.781. The van der Waals surface area contributed by atoms with Gasteiger partial charge in [0.15, 0.2) is 0 Å². The highest BCUT2D eigenvalue weighted by atomic mass is 19.4. The number of nitrogens with one attached hydrogen (secondary N) is 1. The molecule has 0 aliphatic carbocycles. The average molecular weight is 269 g/mol. The second kappa shape index (κ2) is 4.34. The smallest absolute Gasteiger partial charge is 0.385 e. The number of anilines is 1. The summed E-state index contributed by atoms with van der Waals surface area (Å²) in [6, 6.07) is 6.01. The number of amides is 1. The van der Waals surface area contributed by atoms with Gasteiger partial charge < -0.3 is 16.5 Å². The molecule has 0 saturated heterocycles. The van der Waals surface area contributed by atoms with Crippen LogP contribution < -0.4 is 11.5 Å². The lowest BCUT2D eigenvalue weighted by Crippen LogP contribution is -2.11. The van der Waals surface area contributed by atoms with Crippen molar-refractivity contribution in [2.45, 2.75) is 6.18 Å². The second-order valence-electron chi connectivity index (χ2n) is 3.95. The van der Waals surface area contributed by atoms with Crippen LogP contribution in [0, 0.1) is 0 Å². The summed E-state index contributed by atoms with van der Waals surface area (Å²) in [4.78, 5) is 13.7. The predicted molar refractivity (Wildman–Crippen MR) is 64.2 cm³/mol. The number of halogens is 3. The Balaban J connectivity index is 2.48. The van der Waals surface area contributed by atoms with Crippen molar-refractivity contribution in [2.75, 3.05) is 5.73 Å². The zero-order chi connectivity index (χ0) is 14.2. The van der Waals surface area contributed by atoms with Crippen LogP contribution in [0.5, 0.6) is 0 Å². The van der Waals surface area contributed by atoms with E-state index in [9.17, 15) is 18.0 Å². The largest absolute Gasteiger partial charge is 0.416 e. The number of H-pyrrole nitrogens is 1. The van der Waals surface area contributed by atoms with Crippen LogP contribution >= 0.6 is 0 Å². The molecule has 7 heteroatoms. The Bertz CT molecular complexity index is 631. The molecular formula is C12H10F3N3O. The molecule has 19 heavy (non-hydrogen) atoms. The molecule has 1 aromatic heterocycles. The number of hydrogen-bond donors (Lipinski definition) is 3. The van der Waals surface area contributed by atoms with Crippen molar-refractivity contribution in [3.8, 4) is 11.3 Å². The van der Waals surface area contributed by atoms with Gasteiger partial charge in [0.1, 0.15) is 5.82 Å². The number of carbonyl (C=O) groups excluding carboxylic acids is 1. The average Bonchev–Trinajstić information content (AvgIpc) is 2.70. The number of primary amides is 1. The third kappa shape index (κ3) is 2.54. The van der Waals surface area contributed by atoms with E-state index in [4.69, 9.17) is 11.5 Å². The highest BCUT2D eigenvalue weighted by Gasteiger charge is 2.30. The topological polar surface area (TPSA) is 84.9 Å². The van der Waals surface area contributed by atoms with E-state index >= 15 is 0 Å². The van der Waals surface area contributed by atoms with Gasteiger partial charge in [0.05, 0.1) is 11.1 Å². The maximum Gasteiger partial charge on any atom is 0.416 e. The van der Waals surface area contributed by atoms with Crippen molar-refractivity contribution in [1.82, 2.24) is 4.98 Å². The molecule has 0 aliphatic heterocycles. The maximum absolute atomic E-state index is 12.6. The van der Waals surface area contributed by atoms with Gasteiger partial charge in [0.2, 0.25) is 0 Å². The molecule has 0 atom stereocenters. The molecule has 0 spiro atoms. The van der Waals surface area contributed by atoms with E-state index in [0.29, 0.717) is 5.69 Å². The normalized spacial score (nSPS) is 11.5. The summed E-state index contributed by atoms with van der Waals surface area (Å²) in [5.74, 6) is -0.716. The Morgan fingerprint density at radius 1 is 1.21 bits per heavy atom. The van der Waals surface area contributed by atoms with Crippen molar-refractivity contribution in [3.05, 3.63) is 41.5 Å². The van der Waals surface area contributed by atoms with Gasteiger partial charge in [-0.05, 0) is 23.8 Å². The first-order valence-electron chi connectivity index (χ1n) is 5.25. The van der Waals surface area contributed by atoms with E-state index < -0.39 is 17.6 Å². The van der Waals surface area contributed by atoms with Crippen LogP contribution in [-0.2, 0) is 6.18 Å². The predicted octanol–water partition coefficient (Wildman–Crippen LogP) is 2.38. The molecule has 0 bridgehead atoms. The van der Waals surface area contributed by atoms with Crippen molar-refractivity contribution in [1.29, 1.82) is 0 Å². The highest BCUT2D eigenvalue weighted by Crippen LogP contribution is 2.32. The summed E-state index contributed by atoms with van der Waals surface area (Å²) in [7, 11) is 0. The van der Waals surface area contributed by atoms with Gasteiger partial charge in [-0.2, -0.15) is 13.2 Å². The lowest BCUT2D eigenvalue weighted by Gasteiger charge is -2.07. The number of nitrogen functional groups attached to an aromatic ring is 1. The van der Waals surface area contributed by atoms with Gasteiger partial charge in [0, 0.05) is 5.69 Å². The van der Waals surface area contributed by atoms with Crippen molar-refractivity contribution in [3.63, 3.8) is 0 Å². The van der Waals surface area contributed by atoms with Gasteiger partial charge in [-0.25, -0.2) is 0 Å². The van der Waals surface area contributed by atoms with Gasteiger partial charge in [0.25, 0.3) is 5.91 Å². The van der Waals surface area contributed by atoms with Gasteiger partial charge >= 0.3 is 6.18 Å². The van der Waals surface area contributed by atoms with Crippen LogP contribution in [0.4, 0.5) is 19.0 Å². The van der Waals surface area contributed by atoms with Crippen molar-refractivity contribution < 1.29 is 18.0 Å². The van der Waals surface area contributed by atoms with E-state index in [1.165, 1.54) is 18.2 Å². The number of nitrogens with two attached hydrogens (primary N) is 2. The first kappa shape index (κ1) is 13.0. The van der Waals surface area contributed by atoms with Crippen LogP contribution in [0.15, 0.2) is 30.3 Å². The maximum atomic E-state index is 12.6. The first-order chi connectivity index (χ1) is 8.79. The molecule has 100 valence electrons. The standard InChI is InChI=1S/C12H10F3N3O/c13-12(14,15)7-3-1-2-6(4-7)9-5-8(11(17)19)10(16)18-9/h1-5,18H,16H2,(H2,17,19). The van der Waals surface area contributed by atoms with Crippen molar-refractivity contribution in [2.24, 2.45) is 5.73 Å². The van der Waals surface area contributed by atoms with Gasteiger partial charge in [-0.3, -0.25) is 4.79 Å². The molecule has 2 aromatic rings. The molecule has 0 unspecified atom stereocenters. The van der Waals surface area contributed by atoms with Crippen LogP contribution in [0.25, 0.3) is 11.3 Å². The minimum absolute atomic E-state index is 0.0277. The molecule has 0 fully saturated rings. The molecule has 1 amide bonds. The molecule has 1 heterocycles. The lowest BCUT2D eigenvalue weighted by molar-refractivity contribution is -0.137. The van der Waals surface area contributed by atoms with Crippen LogP contribution in [0.1, 0.15) is 15.9 Å². The molecule has 4 nitrogen and oxygen atoms in total. The number of carbonyl (C=O) groups is 1. The molecular weight excluding hydrogens is 259 g/mol.